The van der Waals surface area contributed by atoms with Gasteiger partial charge >= 0.3 is 0 Å². The molecule has 0 bridgehead atoms. The van der Waals surface area contributed by atoms with E-state index in [4.69, 9.17) is 9.84 Å². The maximum absolute atomic E-state index is 12.2. The Hall–Kier alpha value is -2.33. The molecular weight excluding hydrogens is 266 g/mol. The van der Waals surface area contributed by atoms with Crippen molar-refractivity contribution in [1.29, 1.82) is 0 Å². The lowest BCUT2D eigenvalue weighted by Gasteiger charge is -2.07. The van der Waals surface area contributed by atoms with Gasteiger partial charge in [0, 0.05) is 24.3 Å². The molecule has 0 aromatic heterocycles. The first-order valence-electron chi connectivity index (χ1n) is 7.03. The molecule has 2 aromatic rings. The maximum Gasteiger partial charge on any atom is 0.255 e. The fraction of sp³-hybridized carbons (Fsp3) is 0.235. The second-order valence-electron chi connectivity index (χ2n) is 5.05. The molecule has 0 spiro atoms. The third-order valence-corrected chi connectivity index (χ3v) is 3.56. The van der Waals surface area contributed by atoms with Crippen LogP contribution in [0.3, 0.4) is 0 Å². The zero-order valence-electron chi connectivity index (χ0n) is 11.6. The smallest absolute Gasteiger partial charge is 0.255 e. The van der Waals surface area contributed by atoms with E-state index in [1.165, 1.54) is 0 Å². The molecule has 0 radical (unpaired) electrons. The van der Waals surface area contributed by atoms with Crippen LogP contribution in [-0.2, 0) is 12.8 Å². The summed E-state index contributed by atoms with van der Waals surface area (Å²) in [6.45, 7) is 0.815. The van der Waals surface area contributed by atoms with Crippen molar-refractivity contribution in [2.24, 2.45) is 0 Å². The molecular formula is C17H17NO3. The highest BCUT2D eigenvalue weighted by Gasteiger charge is 2.15. The van der Waals surface area contributed by atoms with E-state index in [1.54, 1.807) is 6.07 Å². The molecule has 2 aromatic carbocycles. The molecule has 0 fully saturated rings. The zero-order chi connectivity index (χ0) is 14.7. The number of fused-ring (bicyclic) bond motifs is 1. The number of aliphatic hydroxyl groups is 1. The van der Waals surface area contributed by atoms with Crippen molar-refractivity contribution >= 4 is 11.6 Å². The highest BCUT2D eigenvalue weighted by Crippen LogP contribution is 2.26. The number of hydrogen-bond acceptors (Lipinski definition) is 3. The van der Waals surface area contributed by atoms with Gasteiger partial charge in [0.1, 0.15) is 5.75 Å². The standard InChI is InChI=1S/C17H17NO3/c19-9-7-12-1-4-15(5-2-12)18-17(20)14-3-6-16-13(11-14)8-10-21-16/h1-6,11,19H,7-10H2,(H,18,20). The summed E-state index contributed by atoms with van der Waals surface area (Å²) >= 11 is 0. The van der Waals surface area contributed by atoms with Crippen LogP contribution in [0.1, 0.15) is 21.5 Å². The molecule has 4 nitrogen and oxygen atoms in total. The van der Waals surface area contributed by atoms with Crippen LogP contribution < -0.4 is 10.1 Å². The third kappa shape index (κ3) is 3.06. The molecule has 3 rings (SSSR count). The molecule has 2 N–H and O–H groups in total. The van der Waals surface area contributed by atoms with Gasteiger partial charge in [-0.05, 0) is 47.9 Å². The van der Waals surface area contributed by atoms with Gasteiger partial charge in [0.25, 0.3) is 5.91 Å². The zero-order valence-corrected chi connectivity index (χ0v) is 11.6. The molecule has 1 amide bonds. The number of benzene rings is 2. The van der Waals surface area contributed by atoms with Crippen molar-refractivity contribution in [1.82, 2.24) is 0 Å². The van der Waals surface area contributed by atoms with Crippen LogP contribution in [0.5, 0.6) is 5.75 Å². The van der Waals surface area contributed by atoms with Gasteiger partial charge in [-0.1, -0.05) is 12.1 Å². The lowest BCUT2D eigenvalue weighted by atomic mass is 10.1. The first kappa shape index (κ1) is 13.6. The van der Waals surface area contributed by atoms with E-state index in [-0.39, 0.29) is 12.5 Å². The Balaban J connectivity index is 1.71. The average molecular weight is 283 g/mol. The van der Waals surface area contributed by atoms with E-state index >= 15 is 0 Å². The molecule has 21 heavy (non-hydrogen) atoms. The number of hydrogen-bond donors (Lipinski definition) is 2. The number of rotatable bonds is 4. The maximum atomic E-state index is 12.2. The summed E-state index contributed by atoms with van der Waals surface area (Å²) < 4.78 is 5.44. The lowest BCUT2D eigenvalue weighted by molar-refractivity contribution is 0.102. The van der Waals surface area contributed by atoms with Crippen LogP contribution >= 0.6 is 0 Å². The lowest BCUT2D eigenvalue weighted by Crippen LogP contribution is -2.12. The van der Waals surface area contributed by atoms with E-state index in [2.05, 4.69) is 5.32 Å². The predicted octanol–water partition coefficient (Wildman–Crippen LogP) is 2.41. The van der Waals surface area contributed by atoms with Crippen LogP contribution in [0, 0.1) is 0 Å². The minimum Gasteiger partial charge on any atom is -0.493 e. The largest absolute Gasteiger partial charge is 0.493 e. The quantitative estimate of drug-likeness (QED) is 0.906. The second-order valence-corrected chi connectivity index (χ2v) is 5.05. The van der Waals surface area contributed by atoms with Gasteiger partial charge in [-0.3, -0.25) is 4.79 Å². The summed E-state index contributed by atoms with van der Waals surface area (Å²) in [5.41, 5.74) is 3.52. The Morgan fingerprint density at radius 3 is 2.76 bits per heavy atom. The number of anilines is 1. The molecule has 1 aliphatic rings. The Bertz CT molecular complexity index is 650. The normalized spacial score (nSPS) is 12.6. The summed E-state index contributed by atoms with van der Waals surface area (Å²) in [5, 5.41) is 11.8. The van der Waals surface area contributed by atoms with E-state index in [1.807, 2.05) is 36.4 Å². The van der Waals surface area contributed by atoms with E-state index < -0.39 is 0 Å². The first-order chi connectivity index (χ1) is 10.3. The Morgan fingerprint density at radius 1 is 1.19 bits per heavy atom. The van der Waals surface area contributed by atoms with Gasteiger partial charge < -0.3 is 15.2 Å². The number of carbonyl (C=O) groups excluding carboxylic acids is 1. The minimum absolute atomic E-state index is 0.125. The van der Waals surface area contributed by atoms with E-state index in [0.29, 0.717) is 18.6 Å². The molecule has 108 valence electrons. The van der Waals surface area contributed by atoms with Crippen molar-refractivity contribution in [2.45, 2.75) is 12.8 Å². The predicted molar refractivity (Wildman–Crippen MR) is 80.8 cm³/mol. The van der Waals surface area contributed by atoms with Crippen molar-refractivity contribution < 1.29 is 14.6 Å². The van der Waals surface area contributed by atoms with Gasteiger partial charge in [-0.2, -0.15) is 0 Å². The molecule has 0 saturated heterocycles. The topological polar surface area (TPSA) is 58.6 Å². The fourth-order valence-electron chi connectivity index (χ4n) is 2.41. The molecule has 1 aliphatic heterocycles. The molecule has 4 heteroatoms. The molecule has 0 atom stereocenters. The second kappa shape index (κ2) is 5.97. The van der Waals surface area contributed by atoms with Crippen LogP contribution in [0.15, 0.2) is 42.5 Å². The first-order valence-corrected chi connectivity index (χ1v) is 7.03. The van der Waals surface area contributed by atoms with Crippen molar-refractivity contribution in [3.8, 4) is 5.75 Å². The van der Waals surface area contributed by atoms with Crippen LogP contribution in [-0.4, -0.2) is 24.2 Å². The Kier molecular flexibility index (Phi) is 3.88. The van der Waals surface area contributed by atoms with Crippen LogP contribution in [0.25, 0.3) is 0 Å². The van der Waals surface area contributed by atoms with Gasteiger partial charge in [0.15, 0.2) is 0 Å². The number of carbonyl (C=O) groups is 1. The van der Waals surface area contributed by atoms with Crippen molar-refractivity contribution in [3.05, 3.63) is 59.2 Å². The highest BCUT2D eigenvalue weighted by atomic mass is 16.5. The van der Waals surface area contributed by atoms with Crippen LogP contribution in [0.2, 0.25) is 0 Å². The number of amides is 1. The molecule has 1 heterocycles. The summed E-state index contributed by atoms with van der Waals surface area (Å²) in [7, 11) is 0. The SMILES string of the molecule is O=C(Nc1ccc(CCO)cc1)c1ccc2c(c1)CCO2. The van der Waals surface area contributed by atoms with Gasteiger partial charge in [0.2, 0.25) is 0 Å². The highest BCUT2D eigenvalue weighted by molar-refractivity contribution is 6.04. The number of aliphatic hydroxyl groups excluding tert-OH is 1. The molecule has 0 saturated carbocycles. The average Bonchev–Trinajstić information content (AvgIpc) is 2.97. The van der Waals surface area contributed by atoms with Crippen molar-refractivity contribution in [2.75, 3.05) is 18.5 Å². The van der Waals surface area contributed by atoms with E-state index in [9.17, 15) is 4.79 Å². The number of ether oxygens (including phenoxy) is 1. The minimum atomic E-state index is -0.125. The Labute approximate surface area is 123 Å². The van der Waals surface area contributed by atoms with Gasteiger partial charge in [-0.25, -0.2) is 0 Å². The van der Waals surface area contributed by atoms with Crippen LogP contribution in [0.4, 0.5) is 5.69 Å². The monoisotopic (exact) mass is 283 g/mol. The Morgan fingerprint density at radius 2 is 2.00 bits per heavy atom. The molecule has 0 unspecified atom stereocenters. The van der Waals surface area contributed by atoms with Gasteiger partial charge in [0.05, 0.1) is 6.61 Å². The summed E-state index contributed by atoms with van der Waals surface area (Å²) in [6.07, 6.45) is 1.48. The third-order valence-electron chi connectivity index (χ3n) is 3.56. The van der Waals surface area contributed by atoms with Gasteiger partial charge in [-0.15, -0.1) is 0 Å². The molecule has 0 aliphatic carbocycles. The van der Waals surface area contributed by atoms with E-state index in [0.717, 1.165) is 29.0 Å². The van der Waals surface area contributed by atoms with Crippen molar-refractivity contribution in [3.63, 3.8) is 0 Å². The fourth-order valence-corrected chi connectivity index (χ4v) is 2.41. The summed E-state index contributed by atoms with van der Waals surface area (Å²) in [6, 6.07) is 13.0. The summed E-state index contributed by atoms with van der Waals surface area (Å²) in [5.74, 6) is 0.750. The summed E-state index contributed by atoms with van der Waals surface area (Å²) in [4.78, 5) is 12.2. The number of nitrogens with one attached hydrogen (secondary N) is 1.